The molecular weight excluding hydrogens is 244 g/mol. The lowest BCUT2D eigenvalue weighted by molar-refractivity contribution is -0.343. The molecule has 0 aromatic heterocycles. The van der Waals surface area contributed by atoms with Gasteiger partial charge in [0, 0.05) is 0 Å². The highest BCUT2D eigenvalue weighted by Gasteiger charge is 2.32. The Balaban J connectivity index is 2.27. The van der Waals surface area contributed by atoms with Gasteiger partial charge < -0.3 is 9.47 Å². The van der Waals surface area contributed by atoms with E-state index >= 15 is 0 Å². The first-order valence-electron chi connectivity index (χ1n) is 6.76. The summed E-state index contributed by atoms with van der Waals surface area (Å²) >= 11 is 0. The highest BCUT2D eigenvalue weighted by atomic mass is 17.2. The van der Waals surface area contributed by atoms with Crippen LogP contribution in [-0.4, -0.2) is 13.4 Å². The molecular formula is C15H22O4. The van der Waals surface area contributed by atoms with Crippen LogP contribution >= 0.6 is 0 Å². The van der Waals surface area contributed by atoms with Crippen molar-refractivity contribution in [2.45, 2.75) is 40.2 Å². The summed E-state index contributed by atoms with van der Waals surface area (Å²) in [6.07, 6.45) is 0.853. The van der Waals surface area contributed by atoms with Gasteiger partial charge in [0.15, 0.2) is 11.5 Å². The van der Waals surface area contributed by atoms with Crippen LogP contribution < -0.4 is 9.47 Å². The van der Waals surface area contributed by atoms with Gasteiger partial charge in [-0.15, -0.1) is 0 Å². The van der Waals surface area contributed by atoms with Crippen LogP contribution in [0.15, 0.2) is 18.2 Å². The van der Waals surface area contributed by atoms with Crippen LogP contribution in [0, 0.1) is 5.41 Å². The zero-order chi connectivity index (χ0) is 13.9. The first-order chi connectivity index (χ1) is 9.08. The van der Waals surface area contributed by atoms with Gasteiger partial charge >= 0.3 is 0 Å². The van der Waals surface area contributed by atoms with Crippen LogP contribution in [0.2, 0.25) is 0 Å². The maximum absolute atomic E-state index is 5.60. The standard InChI is InChI=1S/C15H22O4/c1-5-15(3,4)14(19-18-6-2)11-7-8-12-13(9-11)17-10-16-12/h7-9,14H,5-6,10H2,1-4H3. The van der Waals surface area contributed by atoms with E-state index in [2.05, 4.69) is 20.8 Å². The zero-order valence-electron chi connectivity index (χ0n) is 12.1. The molecule has 4 nitrogen and oxygen atoms in total. The monoisotopic (exact) mass is 266 g/mol. The Bertz CT molecular complexity index is 428. The second kappa shape index (κ2) is 5.80. The third kappa shape index (κ3) is 3.01. The van der Waals surface area contributed by atoms with Crippen LogP contribution in [0.25, 0.3) is 0 Å². The molecule has 1 aliphatic rings. The molecule has 106 valence electrons. The van der Waals surface area contributed by atoms with Gasteiger partial charge in [0.05, 0.1) is 6.61 Å². The summed E-state index contributed by atoms with van der Waals surface area (Å²) in [5.41, 5.74) is 1.02. The Hall–Kier alpha value is -1.26. The summed E-state index contributed by atoms with van der Waals surface area (Å²) in [5, 5.41) is 0. The maximum Gasteiger partial charge on any atom is 0.231 e. The number of hydrogen-bond acceptors (Lipinski definition) is 4. The van der Waals surface area contributed by atoms with E-state index in [9.17, 15) is 0 Å². The Kier molecular flexibility index (Phi) is 4.32. The molecule has 0 saturated heterocycles. The van der Waals surface area contributed by atoms with Crippen molar-refractivity contribution in [2.24, 2.45) is 5.41 Å². The van der Waals surface area contributed by atoms with Gasteiger partial charge in [-0.3, -0.25) is 0 Å². The molecule has 1 atom stereocenters. The fourth-order valence-corrected chi connectivity index (χ4v) is 2.03. The normalized spacial score (nSPS) is 15.6. The molecule has 0 fully saturated rings. The number of fused-ring (bicyclic) bond motifs is 1. The second-order valence-corrected chi connectivity index (χ2v) is 5.34. The van der Waals surface area contributed by atoms with Gasteiger partial charge in [-0.2, -0.15) is 0 Å². The molecule has 1 heterocycles. The molecule has 0 saturated carbocycles. The Morgan fingerprint density at radius 2 is 1.95 bits per heavy atom. The van der Waals surface area contributed by atoms with Crippen molar-refractivity contribution in [1.29, 1.82) is 0 Å². The third-order valence-electron chi connectivity index (χ3n) is 3.60. The van der Waals surface area contributed by atoms with Gasteiger partial charge in [-0.25, -0.2) is 9.78 Å². The Morgan fingerprint density at radius 1 is 1.21 bits per heavy atom. The van der Waals surface area contributed by atoms with Gasteiger partial charge in [0.2, 0.25) is 6.79 Å². The molecule has 2 rings (SSSR count). The topological polar surface area (TPSA) is 36.9 Å². The smallest absolute Gasteiger partial charge is 0.231 e. The first-order valence-corrected chi connectivity index (χ1v) is 6.76. The minimum Gasteiger partial charge on any atom is -0.454 e. The average molecular weight is 266 g/mol. The first kappa shape index (κ1) is 14.2. The second-order valence-electron chi connectivity index (χ2n) is 5.34. The van der Waals surface area contributed by atoms with Gasteiger partial charge in [0.25, 0.3) is 0 Å². The lowest BCUT2D eigenvalue weighted by atomic mass is 9.80. The fourth-order valence-electron chi connectivity index (χ4n) is 2.03. The van der Waals surface area contributed by atoms with Crippen molar-refractivity contribution in [3.63, 3.8) is 0 Å². The minimum absolute atomic E-state index is 0.0249. The third-order valence-corrected chi connectivity index (χ3v) is 3.60. The van der Waals surface area contributed by atoms with Crippen LogP contribution in [0.1, 0.15) is 45.8 Å². The van der Waals surface area contributed by atoms with E-state index in [1.165, 1.54) is 0 Å². The van der Waals surface area contributed by atoms with E-state index in [4.69, 9.17) is 19.2 Å². The average Bonchev–Trinajstić information content (AvgIpc) is 2.86. The molecule has 19 heavy (non-hydrogen) atoms. The predicted octanol–water partition coefficient (Wildman–Crippen LogP) is 3.86. The molecule has 0 aliphatic carbocycles. The van der Waals surface area contributed by atoms with Crippen LogP contribution in [0.4, 0.5) is 0 Å². The number of hydrogen-bond donors (Lipinski definition) is 0. The highest BCUT2D eigenvalue weighted by molar-refractivity contribution is 5.45. The largest absolute Gasteiger partial charge is 0.454 e. The molecule has 1 aromatic carbocycles. The van der Waals surface area contributed by atoms with E-state index < -0.39 is 0 Å². The number of benzene rings is 1. The van der Waals surface area contributed by atoms with Gasteiger partial charge in [-0.05, 0) is 36.5 Å². The van der Waals surface area contributed by atoms with Crippen molar-refractivity contribution in [3.8, 4) is 11.5 Å². The molecule has 1 aliphatic heterocycles. The van der Waals surface area contributed by atoms with Crippen molar-refractivity contribution < 1.29 is 19.2 Å². The molecule has 0 amide bonds. The molecule has 1 unspecified atom stereocenters. The van der Waals surface area contributed by atoms with Crippen LogP contribution in [0.5, 0.6) is 11.5 Å². The summed E-state index contributed by atoms with van der Waals surface area (Å²) in [5.74, 6) is 1.56. The fraction of sp³-hybridized carbons (Fsp3) is 0.600. The molecule has 0 spiro atoms. The zero-order valence-corrected chi connectivity index (χ0v) is 12.1. The summed E-state index contributed by atoms with van der Waals surface area (Å²) in [7, 11) is 0. The van der Waals surface area contributed by atoms with E-state index in [0.29, 0.717) is 6.61 Å². The van der Waals surface area contributed by atoms with Gasteiger partial charge in [0.1, 0.15) is 6.10 Å². The molecule has 1 aromatic rings. The summed E-state index contributed by atoms with van der Waals surface area (Å²) in [6.45, 7) is 9.21. The highest BCUT2D eigenvalue weighted by Crippen LogP contribution is 2.42. The van der Waals surface area contributed by atoms with Crippen LogP contribution in [0.3, 0.4) is 0 Å². The molecule has 4 heteroatoms. The maximum atomic E-state index is 5.60. The molecule has 0 bridgehead atoms. The molecule has 0 radical (unpaired) electrons. The van der Waals surface area contributed by atoms with E-state index in [1.54, 1.807) is 0 Å². The van der Waals surface area contributed by atoms with E-state index in [-0.39, 0.29) is 18.3 Å². The summed E-state index contributed by atoms with van der Waals surface area (Å²) in [4.78, 5) is 10.8. The van der Waals surface area contributed by atoms with Gasteiger partial charge in [-0.1, -0.05) is 26.8 Å². The van der Waals surface area contributed by atoms with Crippen molar-refractivity contribution in [2.75, 3.05) is 13.4 Å². The Labute approximate surface area is 114 Å². The minimum atomic E-state index is -0.132. The predicted molar refractivity (Wildman–Crippen MR) is 72.1 cm³/mol. The quantitative estimate of drug-likeness (QED) is 0.578. The van der Waals surface area contributed by atoms with E-state index in [1.807, 2.05) is 25.1 Å². The lowest BCUT2D eigenvalue weighted by Gasteiger charge is -2.32. The summed E-state index contributed by atoms with van der Waals surface area (Å²) < 4.78 is 10.8. The van der Waals surface area contributed by atoms with Crippen molar-refractivity contribution >= 4 is 0 Å². The Morgan fingerprint density at radius 3 is 2.63 bits per heavy atom. The van der Waals surface area contributed by atoms with Crippen LogP contribution in [-0.2, 0) is 9.78 Å². The van der Waals surface area contributed by atoms with E-state index in [0.717, 1.165) is 23.5 Å². The summed E-state index contributed by atoms with van der Waals surface area (Å²) in [6, 6.07) is 5.91. The van der Waals surface area contributed by atoms with Crippen molar-refractivity contribution in [3.05, 3.63) is 23.8 Å². The SMILES string of the molecule is CCOOC(c1ccc2c(c1)OCO2)C(C)(C)CC. The lowest BCUT2D eigenvalue weighted by Crippen LogP contribution is -2.24. The number of rotatable bonds is 6. The number of ether oxygens (including phenoxy) is 2. The van der Waals surface area contributed by atoms with Crippen molar-refractivity contribution in [1.82, 2.24) is 0 Å². The molecule has 0 N–H and O–H groups in total.